The van der Waals surface area contributed by atoms with Gasteiger partial charge in [-0.3, -0.25) is 9.69 Å². The molecule has 1 unspecified atom stereocenters. The zero-order chi connectivity index (χ0) is 15.3. The molecule has 2 aliphatic rings. The van der Waals surface area contributed by atoms with Crippen molar-refractivity contribution in [2.45, 2.75) is 51.5 Å². The van der Waals surface area contributed by atoms with Gasteiger partial charge >= 0.3 is 0 Å². The van der Waals surface area contributed by atoms with Crippen molar-refractivity contribution >= 4 is 5.91 Å². The van der Waals surface area contributed by atoms with Crippen molar-refractivity contribution in [2.24, 2.45) is 5.41 Å². The van der Waals surface area contributed by atoms with E-state index < -0.39 is 5.41 Å². The molecule has 1 amide bonds. The first-order chi connectivity index (χ1) is 10.2. The van der Waals surface area contributed by atoms with Gasteiger partial charge in [0.15, 0.2) is 0 Å². The molecule has 5 heteroatoms. The number of rotatable bonds is 4. The molecule has 1 heterocycles. The number of nitrogens with zero attached hydrogens (tertiary/aromatic N) is 3. The number of piperazine rings is 1. The summed E-state index contributed by atoms with van der Waals surface area (Å²) in [6.45, 7) is 5.20. The van der Waals surface area contributed by atoms with Crippen LogP contribution in [0.15, 0.2) is 0 Å². The number of hydrogen-bond donors (Lipinski definition) is 1. The summed E-state index contributed by atoms with van der Waals surface area (Å²) in [5.41, 5.74) is -0.762. The topological polar surface area (TPSA) is 67.6 Å². The molecule has 0 aromatic rings. The standard InChI is InChI=1S/C16H27N3O2/c1-2-14(12-20)18-8-10-19(11-9-18)15(21)16(13-17)6-4-3-5-7-16/h14,20H,2-12H2,1H3. The number of aliphatic hydroxyl groups is 1. The van der Waals surface area contributed by atoms with Gasteiger partial charge in [0.05, 0.1) is 12.7 Å². The minimum absolute atomic E-state index is 0.0430. The molecule has 1 aliphatic heterocycles. The highest BCUT2D eigenvalue weighted by atomic mass is 16.3. The monoisotopic (exact) mass is 293 g/mol. The van der Waals surface area contributed by atoms with Crippen LogP contribution in [0.1, 0.15) is 45.4 Å². The second-order valence-corrected chi connectivity index (χ2v) is 6.33. The van der Waals surface area contributed by atoms with Crippen LogP contribution in [-0.2, 0) is 4.79 Å². The number of aliphatic hydroxyl groups excluding tert-OH is 1. The molecular formula is C16H27N3O2. The van der Waals surface area contributed by atoms with Gasteiger partial charge in [-0.1, -0.05) is 26.2 Å². The number of amides is 1. The van der Waals surface area contributed by atoms with Gasteiger partial charge in [0.25, 0.3) is 0 Å². The van der Waals surface area contributed by atoms with Crippen molar-refractivity contribution in [1.82, 2.24) is 9.80 Å². The van der Waals surface area contributed by atoms with E-state index in [0.717, 1.165) is 51.6 Å². The highest BCUT2D eigenvalue weighted by Crippen LogP contribution is 2.37. The molecule has 0 aromatic carbocycles. The summed E-state index contributed by atoms with van der Waals surface area (Å²) in [5.74, 6) is 0.0430. The number of nitriles is 1. The van der Waals surface area contributed by atoms with E-state index in [1.165, 1.54) is 0 Å². The smallest absolute Gasteiger partial charge is 0.243 e. The van der Waals surface area contributed by atoms with Gasteiger partial charge in [0.1, 0.15) is 5.41 Å². The zero-order valence-corrected chi connectivity index (χ0v) is 13.1. The minimum Gasteiger partial charge on any atom is -0.395 e. The van der Waals surface area contributed by atoms with Gasteiger partial charge in [-0.25, -0.2) is 0 Å². The van der Waals surface area contributed by atoms with Crippen LogP contribution in [0.25, 0.3) is 0 Å². The molecule has 1 saturated carbocycles. The first-order valence-electron chi connectivity index (χ1n) is 8.22. The van der Waals surface area contributed by atoms with E-state index >= 15 is 0 Å². The molecule has 2 fully saturated rings. The van der Waals surface area contributed by atoms with E-state index in [2.05, 4.69) is 17.9 Å². The van der Waals surface area contributed by atoms with Crippen LogP contribution in [0.3, 0.4) is 0 Å². The largest absolute Gasteiger partial charge is 0.395 e. The molecule has 0 spiro atoms. The molecule has 0 radical (unpaired) electrons. The van der Waals surface area contributed by atoms with Gasteiger partial charge in [-0.15, -0.1) is 0 Å². The normalized spacial score (nSPS) is 24.3. The summed E-state index contributed by atoms with van der Waals surface area (Å²) < 4.78 is 0. The van der Waals surface area contributed by atoms with Crippen LogP contribution in [0, 0.1) is 16.7 Å². The third-order valence-electron chi connectivity index (χ3n) is 5.13. The van der Waals surface area contributed by atoms with Crippen LogP contribution < -0.4 is 0 Å². The summed E-state index contributed by atoms with van der Waals surface area (Å²) in [6, 6.07) is 2.52. The quantitative estimate of drug-likeness (QED) is 0.850. The molecule has 1 aliphatic carbocycles. The van der Waals surface area contributed by atoms with Crippen molar-refractivity contribution in [3.63, 3.8) is 0 Å². The summed E-state index contributed by atoms with van der Waals surface area (Å²) in [5, 5.41) is 18.9. The maximum absolute atomic E-state index is 12.8. The summed E-state index contributed by atoms with van der Waals surface area (Å²) in [4.78, 5) is 16.9. The molecule has 5 nitrogen and oxygen atoms in total. The lowest BCUT2D eigenvalue weighted by molar-refractivity contribution is -0.142. The van der Waals surface area contributed by atoms with Gasteiger partial charge in [0.2, 0.25) is 5.91 Å². The first-order valence-corrected chi connectivity index (χ1v) is 8.22. The van der Waals surface area contributed by atoms with Gasteiger partial charge in [0, 0.05) is 32.2 Å². The number of carbonyl (C=O) groups excluding carboxylic acids is 1. The number of hydrogen-bond acceptors (Lipinski definition) is 4. The Kier molecular flexibility index (Phi) is 5.60. The highest BCUT2D eigenvalue weighted by Gasteiger charge is 2.43. The summed E-state index contributed by atoms with van der Waals surface area (Å²) in [6.07, 6.45) is 5.47. The Hall–Kier alpha value is -1.12. The second kappa shape index (κ2) is 7.24. The van der Waals surface area contributed by atoms with Crippen LogP contribution in [0.2, 0.25) is 0 Å². The average Bonchev–Trinajstić information content (AvgIpc) is 2.56. The maximum atomic E-state index is 12.8. The van der Waals surface area contributed by atoms with Crippen LogP contribution in [0.5, 0.6) is 0 Å². The Balaban J connectivity index is 1.95. The van der Waals surface area contributed by atoms with Gasteiger partial charge < -0.3 is 10.0 Å². The van der Waals surface area contributed by atoms with E-state index in [4.69, 9.17) is 0 Å². The fraction of sp³-hybridized carbons (Fsp3) is 0.875. The van der Waals surface area contributed by atoms with Gasteiger partial charge in [-0.2, -0.15) is 5.26 Å². The Morgan fingerprint density at radius 3 is 2.33 bits per heavy atom. The minimum atomic E-state index is -0.762. The molecular weight excluding hydrogens is 266 g/mol. The third kappa shape index (κ3) is 3.38. The Bertz CT molecular complexity index is 387. The third-order valence-corrected chi connectivity index (χ3v) is 5.13. The second-order valence-electron chi connectivity index (χ2n) is 6.33. The highest BCUT2D eigenvalue weighted by molar-refractivity contribution is 5.85. The first kappa shape index (κ1) is 16.3. The number of carbonyl (C=O) groups is 1. The average molecular weight is 293 g/mol. The van der Waals surface area contributed by atoms with Crippen LogP contribution >= 0.6 is 0 Å². The maximum Gasteiger partial charge on any atom is 0.243 e. The fourth-order valence-electron chi connectivity index (χ4n) is 3.62. The molecule has 118 valence electrons. The summed E-state index contributed by atoms with van der Waals surface area (Å²) in [7, 11) is 0. The summed E-state index contributed by atoms with van der Waals surface area (Å²) >= 11 is 0. The lowest BCUT2D eigenvalue weighted by atomic mass is 9.74. The van der Waals surface area contributed by atoms with E-state index in [-0.39, 0.29) is 18.6 Å². The fourth-order valence-corrected chi connectivity index (χ4v) is 3.62. The molecule has 0 aromatic heterocycles. The zero-order valence-electron chi connectivity index (χ0n) is 13.1. The van der Waals surface area contributed by atoms with E-state index in [1.54, 1.807) is 0 Å². The van der Waals surface area contributed by atoms with Crippen LogP contribution in [-0.4, -0.2) is 59.6 Å². The van der Waals surface area contributed by atoms with E-state index in [9.17, 15) is 15.2 Å². The van der Waals surface area contributed by atoms with Crippen molar-refractivity contribution in [2.75, 3.05) is 32.8 Å². The Morgan fingerprint density at radius 2 is 1.86 bits per heavy atom. The van der Waals surface area contributed by atoms with E-state index in [0.29, 0.717) is 13.1 Å². The van der Waals surface area contributed by atoms with E-state index in [1.807, 2.05) is 4.90 Å². The molecule has 1 N–H and O–H groups in total. The predicted octanol–water partition coefficient (Wildman–Crippen LogP) is 1.38. The lowest BCUT2D eigenvalue weighted by Gasteiger charge is -2.41. The molecule has 0 bridgehead atoms. The van der Waals surface area contributed by atoms with Crippen molar-refractivity contribution in [3.8, 4) is 6.07 Å². The Labute approximate surface area is 127 Å². The SMILES string of the molecule is CCC(CO)N1CCN(C(=O)C2(C#N)CCCCC2)CC1. The predicted molar refractivity (Wildman–Crippen MR) is 80.4 cm³/mol. The molecule has 2 rings (SSSR count). The molecule has 1 atom stereocenters. The van der Waals surface area contributed by atoms with Crippen molar-refractivity contribution in [1.29, 1.82) is 5.26 Å². The van der Waals surface area contributed by atoms with Gasteiger partial charge in [-0.05, 0) is 19.3 Å². The molecule has 1 saturated heterocycles. The Morgan fingerprint density at radius 1 is 1.24 bits per heavy atom. The molecule has 21 heavy (non-hydrogen) atoms. The van der Waals surface area contributed by atoms with Crippen LogP contribution in [0.4, 0.5) is 0 Å². The van der Waals surface area contributed by atoms with Crippen molar-refractivity contribution < 1.29 is 9.90 Å². The van der Waals surface area contributed by atoms with Crippen molar-refractivity contribution in [3.05, 3.63) is 0 Å². The lowest BCUT2D eigenvalue weighted by Crippen LogP contribution is -2.55.